The second kappa shape index (κ2) is 7.17. The molecule has 0 aliphatic carbocycles. The van der Waals surface area contributed by atoms with Gasteiger partial charge in [0.15, 0.2) is 5.70 Å². The van der Waals surface area contributed by atoms with Crippen molar-refractivity contribution in [3.8, 4) is 0 Å². The zero-order valence-corrected chi connectivity index (χ0v) is 16.5. The molecule has 150 valence electrons. The van der Waals surface area contributed by atoms with E-state index in [2.05, 4.69) is 0 Å². The molecule has 3 unspecified atom stereocenters. The topological polar surface area (TPSA) is 104 Å². The third-order valence-corrected chi connectivity index (χ3v) is 7.76. The van der Waals surface area contributed by atoms with E-state index in [1.165, 1.54) is 6.92 Å². The van der Waals surface area contributed by atoms with Crippen molar-refractivity contribution in [3.63, 3.8) is 0 Å². The largest absolute Gasteiger partial charge is 0.476 e. The third-order valence-electron chi connectivity index (χ3n) is 5.32. The van der Waals surface area contributed by atoms with Gasteiger partial charge < -0.3 is 14.7 Å². The van der Waals surface area contributed by atoms with Gasteiger partial charge in [0.05, 0.1) is 28.7 Å². The van der Waals surface area contributed by atoms with E-state index in [9.17, 15) is 24.4 Å². The lowest BCUT2D eigenvalue weighted by Crippen LogP contribution is -2.61. The molecule has 2 N–H and O–H groups in total. The van der Waals surface area contributed by atoms with Crippen molar-refractivity contribution in [1.29, 1.82) is 0 Å². The Labute approximate surface area is 167 Å². The number of aliphatic carboxylic acids is 1. The first-order valence-electron chi connectivity index (χ1n) is 9.23. The summed E-state index contributed by atoms with van der Waals surface area (Å²) in [5.41, 5.74) is -0.302. The minimum Gasteiger partial charge on any atom is -0.476 e. The molecule has 2 aliphatic heterocycles. The molecule has 1 fully saturated rings. The molecule has 0 saturated carbocycles. The van der Waals surface area contributed by atoms with Crippen LogP contribution in [0.3, 0.4) is 0 Å². The van der Waals surface area contributed by atoms with Crippen LogP contribution in [0, 0.1) is 5.92 Å². The molecular weight excluding hydrogens is 393 g/mol. The molecule has 1 amide bonds. The van der Waals surface area contributed by atoms with Crippen molar-refractivity contribution in [2.24, 2.45) is 5.92 Å². The quantitative estimate of drug-likeness (QED) is 0.553. The minimum absolute atomic E-state index is 0.00459. The highest BCUT2D eigenvalue weighted by atomic mass is 31.2. The highest BCUT2D eigenvalue weighted by molar-refractivity contribution is 7.74. The smallest absolute Gasteiger partial charge is 0.356 e. The molecule has 2 aromatic carbocycles. The summed E-state index contributed by atoms with van der Waals surface area (Å²) in [4.78, 5) is 25.4. The molecule has 2 aliphatic rings. The second-order valence-electron chi connectivity index (χ2n) is 7.14. The van der Waals surface area contributed by atoms with Gasteiger partial charge >= 0.3 is 13.3 Å². The Bertz CT molecular complexity index is 990. The Morgan fingerprint density at radius 1 is 1.10 bits per heavy atom. The van der Waals surface area contributed by atoms with E-state index < -0.39 is 37.3 Å². The summed E-state index contributed by atoms with van der Waals surface area (Å²) in [5, 5.41) is 20.4. The predicted molar refractivity (Wildman–Crippen MR) is 106 cm³/mol. The highest BCUT2D eigenvalue weighted by Gasteiger charge is 2.58. The van der Waals surface area contributed by atoms with Gasteiger partial charge in [0, 0.05) is 6.42 Å². The van der Waals surface area contributed by atoms with Gasteiger partial charge in [-0.15, -0.1) is 0 Å². The molecule has 2 heterocycles. The van der Waals surface area contributed by atoms with Crippen LogP contribution in [0.1, 0.15) is 13.3 Å². The van der Waals surface area contributed by atoms with Crippen LogP contribution in [0.4, 0.5) is 0 Å². The van der Waals surface area contributed by atoms with E-state index in [1.807, 2.05) is 0 Å². The summed E-state index contributed by atoms with van der Waals surface area (Å²) >= 11 is 0. The number of β-lactam (4-membered cyclic amide) rings is 1. The van der Waals surface area contributed by atoms with Crippen molar-refractivity contribution in [3.05, 3.63) is 72.1 Å². The third kappa shape index (κ3) is 3.07. The molecule has 0 bridgehead atoms. The normalized spacial score (nSPS) is 22.1. The maximum Gasteiger partial charge on any atom is 0.356 e. The van der Waals surface area contributed by atoms with E-state index in [4.69, 9.17) is 4.52 Å². The zero-order valence-electron chi connectivity index (χ0n) is 15.6. The number of hydrogen-bond acceptors (Lipinski definition) is 5. The summed E-state index contributed by atoms with van der Waals surface area (Å²) in [7, 11) is -3.66. The number of carboxylic acids is 1. The average molecular weight is 413 g/mol. The summed E-state index contributed by atoms with van der Waals surface area (Å²) < 4.78 is 20.1. The number of amides is 1. The van der Waals surface area contributed by atoms with Crippen LogP contribution in [0.25, 0.3) is 0 Å². The van der Waals surface area contributed by atoms with Crippen molar-refractivity contribution >= 4 is 29.9 Å². The Morgan fingerprint density at radius 3 is 2.07 bits per heavy atom. The van der Waals surface area contributed by atoms with Crippen LogP contribution in [0.5, 0.6) is 0 Å². The molecule has 0 radical (unpaired) electrons. The molecule has 4 rings (SSSR count). The first-order chi connectivity index (χ1) is 13.8. The Morgan fingerprint density at radius 2 is 1.62 bits per heavy atom. The number of nitrogens with zero attached hydrogens (tertiary/aromatic N) is 1. The predicted octanol–water partition coefficient (Wildman–Crippen LogP) is 1.84. The van der Waals surface area contributed by atoms with Gasteiger partial charge in [-0.2, -0.15) is 0 Å². The second-order valence-corrected chi connectivity index (χ2v) is 9.46. The van der Waals surface area contributed by atoms with Gasteiger partial charge in [0.1, 0.15) is 5.76 Å². The molecule has 0 spiro atoms. The number of carbonyl (C=O) groups is 2. The van der Waals surface area contributed by atoms with Gasteiger partial charge in [-0.3, -0.25) is 14.3 Å². The van der Waals surface area contributed by atoms with Crippen LogP contribution in [0.15, 0.2) is 72.1 Å². The van der Waals surface area contributed by atoms with E-state index in [0.29, 0.717) is 10.6 Å². The lowest BCUT2D eigenvalue weighted by atomic mass is 9.83. The molecular formula is C21H20NO6P. The van der Waals surface area contributed by atoms with Gasteiger partial charge in [-0.1, -0.05) is 36.4 Å². The Hall–Kier alpha value is -2.89. The number of benzene rings is 2. The number of aliphatic hydroxyl groups excluding tert-OH is 1. The van der Waals surface area contributed by atoms with Crippen molar-refractivity contribution < 1.29 is 28.9 Å². The molecule has 8 heteroatoms. The summed E-state index contributed by atoms with van der Waals surface area (Å²) in [6.07, 6.45) is -0.819. The maximum absolute atomic E-state index is 14.1. The van der Waals surface area contributed by atoms with Crippen LogP contribution >= 0.6 is 7.37 Å². The van der Waals surface area contributed by atoms with Crippen molar-refractivity contribution in [2.45, 2.75) is 25.5 Å². The minimum atomic E-state index is -3.66. The summed E-state index contributed by atoms with van der Waals surface area (Å²) in [5.74, 6) is -2.49. The van der Waals surface area contributed by atoms with Crippen LogP contribution < -0.4 is 10.6 Å². The number of aliphatic hydroxyl groups is 1. The Balaban J connectivity index is 1.78. The SMILES string of the molecule is CC(O)C1C(=O)N2C(C(=O)O)=C(OP(=O)(c3ccccc3)c3ccccc3)CC12. The lowest BCUT2D eigenvalue weighted by Gasteiger charge is -2.44. The highest BCUT2D eigenvalue weighted by Crippen LogP contribution is 2.52. The number of rotatable bonds is 6. The Kier molecular flexibility index (Phi) is 4.81. The van der Waals surface area contributed by atoms with E-state index >= 15 is 0 Å². The summed E-state index contributed by atoms with van der Waals surface area (Å²) in [6, 6.07) is 16.7. The fraction of sp³-hybridized carbons (Fsp3) is 0.238. The average Bonchev–Trinajstić information content (AvgIpc) is 3.03. The first-order valence-corrected chi connectivity index (χ1v) is 10.9. The molecule has 2 aromatic rings. The van der Waals surface area contributed by atoms with Crippen LogP contribution in [0.2, 0.25) is 0 Å². The zero-order chi connectivity index (χ0) is 20.8. The number of hydrogen-bond donors (Lipinski definition) is 2. The molecule has 0 aromatic heterocycles. The fourth-order valence-corrected chi connectivity index (χ4v) is 6.08. The van der Waals surface area contributed by atoms with Gasteiger partial charge in [-0.05, 0) is 31.2 Å². The molecule has 7 nitrogen and oxygen atoms in total. The standard InChI is InChI=1S/C21H20NO6P/c1-13(23)18-16-12-17(19(21(25)26)22(16)20(18)24)28-29(27,14-8-4-2-5-9-14)15-10-6-3-7-11-15/h2-11,13,16,18,23H,12H2,1H3,(H,25,26). The maximum atomic E-state index is 14.1. The number of carbonyl (C=O) groups excluding carboxylic acids is 1. The van der Waals surface area contributed by atoms with Gasteiger partial charge in [-0.25, -0.2) is 4.79 Å². The molecule has 3 atom stereocenters. The lowest BCUT2D eigenvalue weighted by molar-refractivity contribution is -0.161. The fourth-order valence-electron chi connectivity index (χ4n) is 3.97. The summed E-state index contributed by atoms with van der Waals surface area (Å²) in [6.45, 7) is 1.50. The van der Waals surface area contributed by atoms with Gasteiger partial charge in [0.2, 0.25) is 5.91 Å². The van der Waals surface area contributed by atoms with E-state index in [1.54, 1.807) is 60.7 Å². The monoisotopic (exact) mass is 413 g/mol. The number of fused-ring (bicyclic) bond motifs is 1. The van der Waals surface area contributed by atoms with Gasteiger partial charge in [0.25, 0.3) is 0 Å². The molecule has 1 saturated heterocycles. The first kappa shape index (κ1) is 19.4. The van der Waals surface area contributed by atoms with Crippen molar-refractivity contribution in [2.75, 3.05) is 0 Å². The van der Waals surface area contributed by atoms with E-state index in [0.717, 1.165) is 4.90 Å². The van der Waals surface area contributed by atoms with Crippen LogP contribution in [-0.4, -0.2) is 39.1 Å². The number of carboxylic acid groups (broad SMARTS) is 1. The molecule has 29 heavy (non-hydrogen) atoms. The van der Waals surface area contributed by atoms with Crippen molar-refractivity contribution in [1.82, 2.24) is 4.90 Å². The van der Waals surface area contributed by atoms with E-state index in [-0.39, 0.29) is 17.9 Å². The van der Waals surface area contributed by atoms with Crippen LogP contribution in [-0.2, 0) is 18.7 Å².